The highest BCUT2D eigenvalue weighted by molar-refractivity contribution is 7.27. The van der Waals surface area contributed by atoms with Gasteiger partial charge in [0.1, 0.15) is 5.75 Å². The highest BCUT2D eigenvalue weighted by Gasteiger charge is 2.00. The van der Waals surface area contributed by atoms with E-state index in [9.17, 15) is 0 Å². The molecule has 0 heterocycles. The van der Waals surface area contributed by atoms with Gasteiger partial charge in [-0.05, 0) is 18.2 Å². The summed E-state index contributed by atoms with van der Waals surface area (Å²) in [6.07, 6.45) is 0. The van der Waals surface area contributed by atoms with Crippen molar-refractivity contribution in [3.05, 3.63) is 24.3 Å². The molecule has 4 heteroatoms. The van der Waals surface area contributed by atoms with E-state index in [4.69, 9.17) is 4.74 Å². The second kappa shape index (κ2) is 5.34. The zero-order valence-corrected chi connectivity index (χ0v) is 9.92. The van der Waals surface area contributed by atoms with Crippen LogP contribution in [0, 0.1) is 0 Å². The van der Waals surface area contributed by atoms with Crippen LogP contribution in [0.5, 0.6) is 5.75 Å². The second-order valence-electron chi connectivity index (χ2n) is 2.18. The summed E-state index contributed by atoms with van der Waals surface area (Å²) in [5.74, 6) is 1.03. The highest BCUT2D eigenvalue weighted by Crippen LogP contribution is 2.04. The fourth-order valence-electron chi connectivity index (χ4n) is 0.919. The van der Waals surface area contributed by atoms with Crippen molar-refractivity contribution in [2.24, 2.45) is 0 Å². The van der Waals surface area contributed by atoms with Crippen LogP contribution in [0.25, 0.3) is 0 Å². The van der Waals surface area contributed by atoms with Crippen LogP contribution >= 0.6 is 0 Å². The number of rotatable bonds is 4. The summed E-state index contributed by atoms with van der Waals surface area (Å²) in [6.45, 7) is 2.75. The molecule has 0 aromatic heterocycles. The fraction of sp³-hybridized carbons (Fsp3) is 0.250. The van der Waals surface area contributed by atoms with Crippen LogP contribution in [0.3, 0.4) is 0 Å². The largest absolute Gasteiger partial charge is 0.494 e. The molecule has 0 fully saturated rings. The van der Waals surface area contributed by atoms with Crippen molar-refractivity contribution in [1.82, 2.24) is 0 Å². The molecule has 0 aliphatic carbocycles. The fourth-order valence-corrected chi connectivity index (χ4v) is 3.75. The Morgan fingerprint density at radius 2 is 2.17 bits per heavy atom. The van der Waals surface area contributed by atoms with Crippen molar-refractivity contribution in [2.45, 2.75) is 6.92 Å². The summed E-state index contributed by atoms with van der Waals surface area (Å²) in [4.78, 5) is 0. The van der Waals surface area contributed by atoms with E-state index in [2.05, 4.69) is 21.9 Å². The van der Waals surface area contributed by atoms with Crippen LogP contribution < -0.4 is 9.92 Å². The minimum absolute atomic E-state index is 0.742. The van der Waals surface area contributed by atoms with E-state index in [1.807, 2.05) is 19.1 Å². The van der Waals surface area contributed by atoms with Crippen LogP contribution in [-0.2, 0) is 0 Å². The first-order chi connectivity index (χ1) is 5.88. The van der Waals surface area contributed by atoms with Crippen molar-refractivity contribution in [2.75, 3.05) is 6.61 Å². The zero-order valence-electron chi connectivity index (χ0n) is 6.92. The summed E-state index contributed by atoms with van der Waals surface area (Å²) in [5.41, 5.74) is 0. The molecule has 0 N–H and O–H groups in total. The molecule has 0 saturated heterocycles. The van der Waals surface area contributed by atoms with Gasteiger partial charge in [-0.15, -0.1) is 0 Å². The van der Waals surface area contributed by atoms with Gasteiger partial charge in [0.2, 0.25) is 0 Å². The van der Waals surface area contributed by atoms with Gasteiger partial charge in [0.25, 0.3) is 0 Å². The first kappa shape index (κ1) is 9.76. The molecule has 0 unspecified atom stereocenters. The first-order valence-electron chi connectivity index (χ1n) is 3.78. The molecule has 1 aromatic carbocycles. The van der Waals surface area contributed by atoms with Gasteiger partial charge in [0.15, 0.2) is 0 Å². The van der Waals surface area contributed by atoms with E-state index < -0.39 is 0 Å². The van der Waals surface area contributed by atoms with Crippen LogP contribution in [0.2, 0.25) is 0 Å². The minimum atomic E-state index is 0.742. The summed E-state index contributed by atoms with van der Waals surface area (Å²) in [6, 6.07) is 8.21. The summed E-state index contributed by atoms with van der Waals surface area (Å²) in [7, 11) is 5.10. The molecule has 0 bridgehead atoms. The number of benzene rings is 1. The average Bonchev–Trinajstić information content (AvgIpc) is 2.09. The molecular weight excluding hydrogens is 196 g/mol. The molecule has 0 aliphatic rings. The van der Waals surface area contributed by atoms with E-state index >= 15 is 0 Å². The minimum Gasteiger partial charge on any atom is -0.494 e. The lowest BCUT2D eigenvalue weighted by Crippen LogP contribution is -2.23. The SMILES string of the molecule is CCOc1ccccc1[Si][Si][Si]. The Labute approximate surface area is 81.2 Å². The molecule has 0 amide bonds. The number of para-hydroxylation sites is 1. The molecule has 59 valence electrons. The summed E-state index contributed by atoms with van der Waals surface area (Å²) >= 11 is 0. The molecule has 0 spiro atoms. The predicted molar refractivity (Wildman–Crippen MR) is 54.5 cm³/mol. The van der Waals surface area contributed by atoms with Gasteiger partial charge < -0.3 is 4.74 Å². The van der Waals surface area contributed by atoms with Crippen LogP contribution in [0.4, 0.5) is 0 Å². The van der Waals surface area contributed by atoms with E-state index in [0.717, 1.165) is 29.9 Å². The van der Waals surface area contributed by atoms with Crippen LogP contribution in [0.15, 0.2) is 24.3 Å². The third-order valence-corrected chi connectivity index (χ3v) is 4.50. The first-order valence-corrected chi connectivity index (χ1v) is 8.28. The molecule has 1 rings (SSSR count). The number of hydrogen-bond donors (Lipinski definition) is 0. The maximum atomic E-state index is 5.48. The van der Waals surface area contributed by atoms with E-state index in [-0.39, 0.29) is 0 Å². The Bertz CT molecular complexity index is 214. The average molecular weight is 205 g/mol. The van der Waals surface area contributed by atoms with Crippen molar-refractivity contribution >= 4 is 32.5 Å². The van der Waals surface area contributed by atoms with Gasteiger partial charge in [0, 0.05) is 18.3 Å². The van der Waals surface area contributed by atoms with Gasteiger partial charge in [-0.3, -0.25) is 0 Å². The summed E-state index contributed by atoms with van der Waals surface area (Å²) in [5, 5.41) is 1.31. The maximum absolute atomic E-state index is 5.48. The van der Waals surface area contributed by atoms with E-state index in [1.165, 1.54) is 5.19 Å². The lowest BCUT2D eigenvalue weighted by molar-refractivity contribution is 0.343. The highest BCUT2D eigenvalue weighted by atomic mass is 29.5. The normalized spacial score (nSPS) is 9.83. The van der Waals surface area contributed by atoms with Gasteiger partial charge in [-0.25, -0.2) is 0 Å². The smallest absolute Gasteiger partial charge is 0.117 e. The lowest BCUT2D eigenvalue weighted by atomic mass is 10.3. The Morgan fingerprint density at radius 3 is 2.83 bits per heavy atom. The molecule has 0 aliphatic heterocycles. The Balaban J connectivity index is 2.77. The quantitative estimate of drug-likeness (QED) is 0.635. The van der Waals surface area contributed by atoms with E-state index in [1.54, 1.807) is 0 Å². The zero-order chi connectivity index (χ0) is 8.81. The summed E-state index contributed by atoms with van der Waals surface area (Å²) < 4.78 is 5.48. The topological polar surface area (TPSA) is 9.23 Å². The van der Waals surface area contributed by atoms with Gasteiger partial charge in [-0.1, -0.05) is 18.2 Å². The molecule has 7 radical (unpaired) electrons. The van der Waals surface area contributed by atoms with Crippen LogP contribution in [0.1, 0.15) is 6.92 Å². The lowest BCUT2D eigenvalue weighted by Gasteiger charge is -2.07. The predicted octanol–water partition coefficient (Wildman–Crippen LogP) is 0.117. The Hall–Kier alpha value is -0.329. The monoisotopic (exact) mass is 205 g/mol. The van der Waals surface area contributed by atoms with Crippen molar-refractivity contribution in [1.29, 1.82) is 0 Å². The number of hydrogen-bond acceptors (Lipinski definition) is 1. The van der Waals surface area contributed by atoms with Gasteiger partial charge >= 0.3 is 0 Å². The number of ether oxygens (including phenoxy) is 1. The molecule has 0 saturated carbocycles. The standard InChI is InChI=1S/C8H9OSi3/c1-2-9-7-5-3-4-6-8(7)11-12-10/h3-6H,2H2,1H3. The van der Waals surface area contributed by atoms with E-state index in [0.29, 0.717) is 0 Å². The van der Waals surface area contributed by atoms with Crippen LogP contribution in [-0.4, -0.2) is 34.0 Å². The van der Waals surface area contributed by atoms with Gasteiger partial charge in [0.05, 0.1) is 15.6 Å². The van der Waals surface area contributed by atoms with Crippen molar-refractivity contribution in [3.8, 4) is 5.75 Å². The second-order valence-corrected chi connectivity index (χ2v) is 6.97. The molecule has 1 aromatic rings. The van der Waals surface area contributed by atoms with Gasteiger partial charge in [-0.2, -0.15) is 0 Å². The van der Waals surface area contributed by atoms with Crippen molar-refractivity contribution in [3.63, 3.8) is 0 Å². The molecular formula is C8H9OSi3. The third-order valence-electron chi connectivity index (χ3n) is 1.38. The Morgan fingerprint density at radius 1 is 1.42 bits per heavy atom. The molecule has 0 atom stereocenters. The van der Waals surface area contributed by atoms with Crippen molar-refractivity contribution < 1.29 is 4.74 Å². The maximum Gasteiger partial charge on any atom is 0.117 e. The Kier molecular flexibility index (Phi) is 4.34. The molecule has 1 nitrogen and oxygen atoms in total. The molecule has 12 heavy (non-hydrogen) atoms. The third kappa shape index (κ3) is 2.62.